The van der Waals surface area contributed by atoms with E-state index in [1.807, 2.05) is 0 Å². The first kappa shape index (κ1) is 25.6. The van der Waals surface area contributed by atoms with Crippen molar-refractivity contribution in [1.29, 1.82) is 0 Å². The molecule has 0 heterocycles. The summed E-state index contributed by atoms with van der Waals surface area (Å²) < 4.78 is 21.2. The minimum absolute atomic E-state index is 0.137. The lowest BCUT2D eigenvalue weighted by atomic mass is 10.2. The van der Waals surface area contributed by atoms with Crippen LogP contribution in [-0.2, 0) is 9.59 Å². The van der Waals surface area contributed by atoms with Crippen LogP contribution in [0, 0.1) is 0 Å². The predicted molar refractivity (Wildman–Crippen MR) is 131 cm³/mol. The number of hydrogen-bond acceptors (Lipinski definition) is 8. The number of carbonyl (C=O) groups is 4. The molecule has 0 amide bonds. The monoisotopic (exact) mass is 486 g/mol. The summed E-state index contributed by atoms with van der Waals surface area (Å²) in [5.74, 6) is -0.325. The molecule has 0 unspecified atom stereocenters. The van der Waals surface area contributed by atoms with Gasteiger partial charge in [-0.1, -0.05) is 13.2 Å². The van der Waals surface area contributed by atoms with Crippen molar-refractivity contribution in [3.63, 3.8) is 0 Å². The molecule has 0 aliphatic carbocycles. The summed E-state index contributed by atoms with van der Waals surface area (Å²) in [6, 6.07) is 18.2. The molecule has 0 radical (unpaired) electrons. The van der Waals surface area contributed by atoms with Gasteiger partial charge >= 0.3 is 11.9 Å². The molecular weight excluding hydrogens is 464 g/mol. The van der Waals surface area contributed by atoms with Crippen molar-refractivity contribution >= 4 is 23.5 Å². The highest BCUT2D eigenvalue weighted by Crippen LogP contribution is 2.21. The molecule has 0 aliphatic rings. The maximum absolute atomic E-state index is 12.4. The lowest BCUT2D eigenvalue weighted by Crippen LogP contribution is -2.10. The number of carbonyl (C=O) groups excluding carboxylic acids is 4. The van der Waals surface area contributed by atoms with Gasteiger partial charge in [-0.2, -0.15) is 0 Å². The molecule has 8 heteroatoms. The first-order valence-corrected chi connectivity index (χ1v) is 10.7. The standard InChI is InChI=1S/C28H22O8/c1-3-21(29)17-33-23-9-5-19(6-10-23)27(31)35-25-13-15-26(16-14-25)36-28(32)20-7-11-24(12-8-20)34-18-22(30)4-2/h3-16H,1-2,17-18H2. The number of ether oxygens (including phenoxy) is 4. The van der Waals surface area contributed by atoms with E-state index in [4.69, 9.17) is 18.9 Å². The highest BCUT2D eigenvalue weighted by Gasteiger charge is 2.12. The third-order valence-corrected chi connectivity index (χ3v) is 4.64. The summed E-state index contributed by atoms with van der Waals surface area (Å²) >= 11 is 0. The molecule has 0 aromatic heterocycles. The van der Waals surface area contributed by atoms with E-state index in [-0.39, 0.29) is 47.4 Å². The van der Waals surface area contributed by atoms with E-state index in [1.54, 1.807) is 24.3 Å². The van der Waals surface area contributed by atoms with Gasteiger partial charge in [0, 0.05) is 0 Å². The van der Waals surface area contributed by atoms with Crippen LogP contribution >= 0.6 is 0 Å². The van der Waals surface area contributed by atoms with Crippen LogP contribution < -0.4 is 18.9 Å². The first-order chi connectivity index (χ1) is 17.4. The molecule has 182 valence electrons. The van der Waals surface area contributed by atoms with Crippen molar-refractivity contribution in [2.75, 3.05) is 13.2 Å². The summed E-state index contributed by atoms with van der Waals surface area (Å²) in [6.45, 7) is 6.46. The van der Waals surface area contributed by atoms with Crippen molar-refractivity contribution in [2.45, 2.75) is 0 Å². The summed E-state index contributed by atoms with van der Waals surface area (Å²) in [5.41, 5.74) is 0.573. The molecule has 3 aromatic rings. The van der Waals surface area contributed by atoms with Gasteiger partial charge in [0.2, 0.25) is 0 Å². The normalized spacial score (nSPS) is 10.0. The van der Waals surface area contributed by atoms with E-state index in [2.05, 4.69) is 13.2 Å². The zero-order valence-electron chi connectivity index (χ0n) is 19.2. The molecule has 36 heavy (non-hydrogen) atoms. The largest absolute Gasteiger partial charge is 0.485 e. The van der Waals surface area contributed by atoms with E-state index in [0.29, 0.717) is 11.5 Å². The highest BCUT2D eigenvalue weighted by atomic mass is 16.5. The van der Waals surface area contributed by atoms with Gasteiger partial charge in [-0.3, -0.25) is 9.59 Å². The maximum Gasteiger partial charge on any atom is 0.343 e. The van der Waals surface area contributed by atoms with Gasteiger partial charge in [0.05, 0.1) is 11.1 Å². The van der Waals surface area contributed by atoms with Gasteiger partial charge in [0.15, 0.2) is 24.8 Å². The minimum Gasteiger partial charge on any atom is -0.485 e. The van der Waals surface area contributed by atoms with Crippen LogP contribution in [0.1, 0.15) is 20.7 Å². The van der Waals surface area contributed by atoms with Gasteiger partial charge in [-0.25, -0.2) is 9.59 Å². The van der Waals surface area contributed by atoms with Crippen molar-refractivity contribution in [1.82, 2.24) is 0 Å². The molecule has 3 rings (SSSR count). The van der Waals surface area contributed by atoms with Crippen LogP contribution in [0.2, 0.25) is 0 Å². The van der Waals surface area contributed by atoms with Gasteiger partial charge in [0.1, 0.15) is 23.0 Å². The molecule has 0 saturated carbocycles. The first-order valence-electron chi connectivity index (χ1n) is 10.7. The molecule has 3 aromatic carbocycles. The number of ketones is 2. The molecular formula is C28H22O8. The summed E-state index contributed by atoms with van der Waals surface area (Å²) in [5, 5.41) is 0. The van der Waals surface area contributed by atoms with E-state index < -0.39 is 11.9 Å². The predicted octanol–water partition coefficient (Wildman–Crippen LogP) is 4.39. The Labute approximate surface area is 207 Å². The molecule has 0 bridgehead atoms. The Morgan fingerprint density at radius 2 is 0.833 bits per heavy atom. The second kappa shape index (κ2) is 12.5. The zero-order chi connectivity index (χ0) is 25.9. The van der Waals surface area contributed by atoms with Crippen molar-refractivity contribution in [3.8, 4) is 23.0 Å². The average molecular weight is 486 g/mol. The van der Waals surface area contributed by atoms with Crippen LogP contribution in [0.15, 0.2) is 98.1 Å². The van der Waals surface area contributed by atoms with Gasteiger partial charge < -0.3 is 18.9 Å². The van der Waals surface area contributed by atoms with Crippen LogP contribution in [0.25, 0.3) is 0 Å². The highest BCUT2D eigenvalue weighted by molar-refractivity contribution is 5.92. The van der Waals surface area contributed by atoms with E-state index >= 15 is 0 Å². The van der Waals surface area contributed by atoms with Gasteiger partial charge in [0.25, 0.3) is 0 Å². The fourth-order valence-electron chi connectivity index (χ4n) is 2.71. The third-order valence-electron chi connectivity index (χ3n) is 4.64. The van der Waals surface area contributed by atoms with Crippen LogP contribution in [0.5, 0.6) is 23.0 Å². The molecule has 0 spiro atoms. The number of benzene rings is 3. The Kier molecular flexibility index (Phi) is 8.88. The lowest BCUT2D eigenvalue weighted by Gasteiger charge is -2.08. The van der Waals surface area contributed by atoms with Gasteiger partial charge in [-0.05, 0) is 84.9 Å². The minimum atomic E-state index is -0.592. The summed E-state index contributed by atoms with van der Waals surface area (Å²) in [4.78, 5) is 47.2. The Morgan fingerprint density at radius 3 is 1.14 bits per heavy atom. The third kappa shape index (κ3) is 7.53. The average Bonchev–Trinajstić information content (AvgIpc) is 2.91. The molecule has 0 N–H and O–H groups in total. The Bertz CT molecular complexity index is 1160. The Morgan fingerprint density at radius 1 is 0.528 bits per heavy atom. The summed E-state index contributed by atoms with van der Waals surface area (Å²) in [7, 11) is 0. The van der Waals surface area contributed by atoms with Crippen molar-refractivity contribution < 1.29 is 38.1 Å². The second-order valence-corrected chi connectivity index (χ2v) is 7.22. The quantitative estimate of drug-likeness (QED) is 0.211. The summed E-state index contributed by atoms with van der Waals surface area (Å²) in [6.07, 6.45) is 2.34. The Balaban J connectivity index is 1.52. The maximum atomic E-state index is 12.4. The molecule has 0 saturated heterocycles. The van der Waals surface area contributed by atoms with E-state index in [1.165, 1.54) is 60.7 Å². The fourth-order valence-corrected chi connectivity index (χ4v) is 2.71. The topological polar surface area (TPSA) is 105 Å². The van der Waals surface area contributed by atoms with Crippen LogP contribution in [0.3, 0.4) is 0 Å². The molecule has 0 aliphatic heterocycles. The lowest BCUT2D eigenvalue weighted by molar-refractivity contribution is -0.117. The zero-order valence-corrected chi connectivity index (χ0v) is 19.2. The number of hydrogen-bond donors (Lipinski definition) is 0. The smallest absolute Gasteiger partial charge is 0.343 e. The van der Waals surface area contributed by atoms with Crippen molar-refractivity contribution in [3.05, 3.63) is 109 Å². The van der Waals surface area contributed by atoms with Crippen LogP contribution in [0.4, 0.5) is 0 Å². The molecule has 0 atom stereocenters. The van der Waals surface area contributed by atoms with E-state index in [9.17, 15) is 19.2 Å². The number of esters is 2. The van der Waals surface area contributed by atoms with Crippen LogP contribution in [-0.4, -0.2) is 36.7 Å². The second-order valence-electron chi connectivity index (χ2n) is 7.22. The van der Waals surface area contributed by atoms with Gasteiger partial charge in [-0.15, -0.1) is 0 Å². The number of rotatable bonds is 12. The molecule has 8 nitrogen and oxygen atoms in total. The van der Waals surface area contributed by atoms with Crippen molar-refractivity contribution in [2.24, 2.45) is 0 Å². The fraction of sp³-hybridized carbons (Fsp3) is 0.0714. The molecule has 0 fully saturated rings. The Hall–Kier alpha value is -4.98. The van der Waals surface area contributed by atoms with E-state index in [0.717, 1.165) is 0 Å². The SMILES string of the molecule is C=CC(=O)COc1ccc(C(=O)Oc2ccc(OC(=O)c3ccc(OCC(=O)C=C)cc3)cc2)cc1.